The summed E-state index contributed by atoms with van der Waals surface area (Å²) in [5, 5.41) is 10.1. The zero-order valence-corrected chi connectivity index (χ0v) is 19.9. The highest BCUT2D eigenvalue weighted by atomic mass is 16.3. The van der Waals surface area contributed by atoms with Crippen LogP contribution in [0.1, 0.15) is 110 Å². The van der Waals surface area contributed by atoms with E-state index in [1.54, 1.807) is 6.08 Å². The lowest BCUT2D eigenvalue weighted by atomic mass is 10.0. The van der Waals surface area contributed by atoms with Crippen LogP contribution in [0.15, 0.2) is 36.1 Å². The number of hydrogen-bond donors (Lipinski definition) is 1. The van der Waals surface area contributed by atoms with Gasteiger partial charge in [-0.05, 0) is 18.9 Å². The molecule has 4 heteroatoms. The van der Waals surface area contributed by atoms with Crippen molar-refractivity contribution in [2.24, 2.45) is 0 Å². The van der Waals surface area contributed by atoms with Gasteiger partial charge in [0, 0.05) is 6.54 Å². The molecule has 1 aliphatic heterocycles. The summed E-state index contributed by atoms with van der Waals surface area (Å²) in [5.41, 5.74) is -0.0883. The predicted molar refractivity (Wildman–Crippen MR) is 130 cm³/mol. The van der Waals surface area contributed by atoms with Crippen LogP contribution in [0.2, 0.25) is 0 Å². The first-order valence-corrected chi connectivity index (χ1v) is 12.6. The Balaban J connectivity index is 1.99. The molecule has 1 amide bonds. The van der Waals surface area contributed by atoms with Gasteiger partial charge in [-0.3, -0.25) is 9.59 Å². The van der Waals surface area contributed by atoms with Gasteiger partial charge in [0.15, 0.2) is 5.78 Å². The van der Waals surface area contributed by atoms with Crippen LogP contribution < -0.4 is 0 Å². The number of nitrogens with zero attached hydrogens (tertiary/aromatic N) is 1. The van der Waals surface area contributed by atoms with E-state index in [9.17, 15) is 14.7 Å². The molecule has 0 aliphatic carbocycles. The molecule has 0 unspecified atom stereocenters. The first-order chi connectivity index (χ1) is 15.1. The summed E-state index contributed by atoms with van der Waals surface area (Å²) < 4.78 is 0. The molecule has 1 fully saturated rings. The SMILES string of the molecule is C=CCN1CC(=O)C(=C(O)C=CCCCCCCCCCCCCCCCCC)C1=O. The van der Waals surface area contributed by atoms with Gasteiger partial charge in [-0.1, -0.05) is 109 Å². The number of allylic oxidation sites excluding steroid dienone is 2. The summed E-state index contributed by atoms with van der Waals surface area (Å²) in [6.07, 6.45) is 25.9. The third-order valence-electron chi connectivity index (χ3n) is 5.97. The number of aliphatic hydroxyl groups excluding tert-OH is 1. The maximum Gasteiger partial charge on any atom is 0.262 e. The van der Waals surface area contributed by atoms with Crippen molar-refractivity contribution in [2.75, 3.05) is 13.1 Å². The minimum atomic E-state index is -0.404. The molecular formula is C27H45NO3. The number of unbranched alkanes of at least 4 members (excludes halogenated alkanes) is 15. The van der Waals surface area contributed by atoms with Gasteiger partial charge in [0.1, 0.15) is 11.3 Å². The maximum atomic E-state index is 12.1. The summed E-state index contributed by atoms with van der Waals surface area (Å²) in [6, 6.07) is 0. The Morgan fingerprint density at radius 3 is 1.84 bits per heavy atom. The van der Waals surface area contributed by atoms with E-state index in [0.29, 0.717) is 6.54 Å². The van der Waals surface area contributed by atoms with Gasteiger partial charge < -0.3 is 10.0 Å². The molecule has 4 nitrogen and oxygen atoms in total. The Kier molecular flexibility index (Phi) is 15.6. The van der Waals surface area contributed by atoms with Crippen LogP contribution in [-0.2, 0) is 9.59 Å². The van der Waals surface area contributed by atoms with Gasteiger partial charge in [0.05, 0.1) is 6.54 Å². The number of likely N-dealkylation sites (tertiary alicyclic amines) is 1. The first-order valence-electron chi connectivity index (χ1n) is 12.6. The standard InChI is InChI=1S/C27H45NO3/c1-3-5-6-7-8-9-10-11-12-13-14-15-16-17-18-19-20-21-24(29)26-25(30)23-28(22-4-2)27(26)31/h4,20-21,29H,2-3,5-19,22-23H2,1H3. The van der Waals surface area contributed by atoms with Gasteiger partial charge in [-0.15, -0.1) is 6.58 Å². The highest BCUT2D eigenvalue weighted by Gasteiger charge is 2.35. The molecular weight excluding hydrogens is 386 g/mol. The average Bonchev–Trinajstić information content (AvgIpc) is 3.03. The fourth-order valence-electron chi connectivity index (χ4n) is 4.07. The molecule has 0 spiro atoms. The summed E-state index contributed by atoms with van der Waals surface area (Å²) in [4.78, 5) is 25.5. The van der Waals surface area contributed by atoms with E-state index in [4.69, 9.17) is 0 Å². The minimum Gasteiger partial charge on any atom is -0.507 e. The van der Waals surface area contributed by atoms with E-state index in [2.05, 4.69) is 13.5 Å². The Labute approximate surface area is 190 Å². The second kappa shape index (κ2) is 17.8. The monoisotopic (exact) mass is 431 g/mol. The number of carbonyl (C=O) groups is 2. The average molecular weight is 432 g/mol. The fraction of sp³-hybridized carbons (Fsp3) is 0.704. The maximum absolute atomic E-state index is 12.1. The lowest BCUT2D eigenvalue weighted by Crippen LogP contribution is -2.25. The van der Waals surface area contributed by atoms with Crippen LogP contribution in [-0.4, -0.2) is 34.8 Å². The number of ketones is 1. The third-order valence-corrected chi connectivity index (χ3v) is 5.97. The van der Waals surface area contributed by atoms with Crippen molar-refractivity contribution in [1.82, 2.24) is 4.90 Å². The number of rotatable bonds is 19. The van der Waals surface area contributed by atoms with Crippen LogP contribution >= 0.6 is 0 Å². The van der Waals surface area contributed by atoms with E-state index in [0.717, 1.165) is 12.8 Å². The molecule has 0 aromatic rings. The number of Topliss-reactive ketones (excluding diaryl/α,β-unsaturated/α-hetero) is 1. The molecule has 1 aliphatic rings. The quantitative estimate of drug-likeness (QED) is 0.0772. The molecule has 0 atom stereocenters. The van der Waals surface area contributed by atoms with Crippen molar-refractivity contribution in [3.8, 4) is 0 Å². The smallest absolute Gasteiger partial charge is 0.262 e. The van der Waals surface area contributed by atoms with Crippen molar-refractivity contribution < 1.29 is 14.7 Å². The van der Waals surface area contributed by atoms with Gasteiger partial charge in [-0.2, -0.15) is 0 Å². The molecule has 0 aromatic carbocycles. The lowest BCUT2D eigenvalue weighted by molar-refractivity contribution is -0.124. The normalized spacial score (nSPS) is 16.0. The van der Waals surface area contributed by atoms with Crippen molar-refractivity contribution >= 4 is 11.7 Å². The largest absolute Gasteiger partial charge is 0.507 e. The second-order valence-corrected chi connectivity index (χ2v) is 8.80. The molecule has 1 rings (SSSR count). The molecule has 1 saturated heterocycles. The topological polar surface area (TPSA) is 57.6 Å². The number of aliphatic hydroxyl groups is 1. The number of hydrogen-bond acceptors (Lipinski definition) is 3. The van der Waals surface area contributed by atoms with E-state index in [-0.39, 0.29) is 23.7 Å². The van der Waals surface area contributed by atoms with Crippen LogP contribution in [0.25, 0.3) is 0 Å². The van der Waals surface area contributed by atoms with Gasteiger partial charge in [0.2, 0.25) is 0 Å². The molecule has 0 aromatic heterocycles. The number of amides is 1. The molecule has 0 bridgehead atoms. The molecule has 31 heavy (non-hydrogen) atoms. The van der Waals surface area contributed by atoms with Crippen LogP contribution in [0.5, 0.6) is 0 Å². The summed E-state index contributed by atoms with van der Waals surface area (Å²) in [7, 11) is 0. The predicted octanol–water partition coefficient (Wildman–Crippen LogP) is 7.21. The Bertz CT molecular complexity index is 591. The molecule has 1 heterocycles. The van der Waals surface area contributed by atoms with Crippen molar-refractivity contribution in [1.29, 1.82) is 0 Å². The van der Waals surface area contributed by atoms with Gasteiger partial charge in [0.25, 0.3) is 5.91 Å². The zero-order valence-electron chi connectivity index (χ0n) is 19.9. The zero-order chi connectivity index (χ0) is 22.7. The van der Waals surface area contributed by atoms with E-state index >= 15 is 0 Å². The van der Waals surface area contributed by atoms with Crippen molar-refractivity contribution in [3.05, 3.63) is 36.1 Å². The lowest BCUT2D eigenvalue weighted by Gasteiger charge is -2.09. The van der Waals surface area contributed by atoms with E-state index in [1.807, 2.05) is 6.08 Å². The minimum absolute atomic E-state index is 0.0249. The number of carbonyl (C=O) groups excluding carboxylic acids is 2. The molecule has 176 valence electrons. The van der Waals surface area contributed by atoms with Crippen LogP contribution in [0.3, 0.4) is 0 Å². The Morgan fingerprint density at radius 1 is 0.871 bits per heavy atom. The van der Waals surface area contributed by atoms with Crippen LogP contribution in [0.4, 0.5) is 0 Å². The van der Waals surface area contributed by atoms with E-state index in [1.165, 1.54) is 101 Å². The summed E-state index contributed by atoms with van der Waals surface area (Å²) >= 11 is 0. The second-order valence-electron chi connectivity index (χ2n) is 8.80. The van der Waals surface area contributed by atoms with Crippen LogP contribution in [0, 0.1) is 0 Å². The molecule has 0 radical (unpaired) electrons. The first kappa shape index (κ1) is 27.2. The van der Waals surface area contributed by atoms with Gasteiger partial charge >= 0.3 is 0 Å². The summed E-state index contributed by atoms with van der Waals surface area (Å²) in [6.45, 7) is 6.20. The van der Waals surface area contributed by atoms with E-state index < -0.39 is 5.91 Å². The van der Waals surface area contributed by atoms with Gasteiger partial charge in [-0.25, -0.2) is 0 Å². The highest BCUT2D eigenvalue weighted by molar-refractivity contribution is 6.25. The highest BCUT2D eigenvalue weighted by Crippen LogP contribution is 2.18. The van der Waals surface area contributed by atoms with Crippen molar-refractivity contribution in [3.63, 3.8) is 0 Å². The van der Waals surface area contributed by atoms with Crippen molar-refractivity contribution in [2.45, 2.75) is 110 Å². The molecule has 0 saturated carbocycles. The Morgan fingerprint density at radius 2 is 1.35 bits per heavy atom. The fourth-order valence-corrected chi connectivity index (χ4v) is 4.07. The summed E-state index contributed by atoms with van der Waals surface area (Å²) in [5.74, 6) is -0.928. The molecule has 1 N–H and O–H groups in total. The Hall–Kier alpha value is -1.84. The third kappa shape index (κ3) is 11.9.